The Balaban J connectivity index is 1.93. The lowest BCUT2D eigenvalue weighted by Crippen LogP contribution is -2.10. The van der Waals surface area contributed by atoms with Gasteiger partial charge in [-0.2, -0.15) is 5.26 Å². The SMILES string of the molecule is COC(=O)/C=C/c1cccc(-c2ccccc2C(=O)Oc2ccccc2C#N)c1. The minimum absolute atomic E-state index is 0.213. The molecule has 5 heteroatoms. The van der Waals surface area contributed by atoms with Crippen molar-refractivity contribution in [3.8, 4) is 22.9 Å². The van der Waals surface area contributed by atoms with Gasteiger partial charge in [0.1, 0.15) is 11.8 Å². The summed E-state index contributed by atoms with van der Waals surface area (Å²) in [4.78, 5) is 24.1. The summed E-state index contributed by atoms with van der Waals surface area (Å²) in [5.41, 5.74) is 2.91. The fraction of sp³-hybridized carbons (Fsp3) is 0.0417. The number of esters is 2. The third-order valence-corrected chi connectivity index (χ3v) is 4.17. The average molecular weight is 383 g/mol. The molecule has 0 aromatic heterocycles. The largest absolute Gasteiger partial charge is 0.466 e. The van der Waals surface area contributed by atoms with E-state index in [1.54, 1.807) is 42.5 Å². The minimum atomic E-state index is -0.557. The molecule has 0 saturated carbocycles. The van der Waals surface area contributed by atoms with E-state index < -0.39 is 11.9 Å². The molecule has 0 aliphatic rings. The van der Waals surface area contributed by atoms with E-state index in [1.807, 2.05) is 42.5 Å². The molecule has 0 aliphatic heterocycles. The monoisotopic (exact) mass is 383 g/mol. The normalized spacial score (nSPS) is 10.3. The minimum Gasteiger partial charge on any atom is -0.466 e. The first kappa shape index (κ1) is 19.6. The van der Waals surface area contributed by atoms with E-state index in [0.717, 1.165) is 11.1 Å². The molecular weight excluding hydrogens is 366 g/mol. The summed E-state index contributed by atoms with van der Waals surface area (Å²) in [5.74, 6) is -0.793. The van der Waals surface area contributed by atoms with Gasteiger partial charge in [-0.05, 0) is 47.0 Å². The highest BCUT2D eigenvalue weighted by molar-refractivity contribution is 5.98. The molecule has 0 radical (unpaired) electrons. The van der Waals surface area contributed by atoms with E-state index in [1.165, 1.54) is 13.2 Å². The first-order valence-electron chi connectivity index (χ1n) is 8.79. The molecule has 29 heavy (non-hydrogen) atoms. The first-order valence-corrected chi connectivity index (χ1v) is 8.79. The Kier molecular flexibility index (Phi) is 6.18. The quantitative estimate of drug-likeness (QED) is 0.365. The van der Waals surface area contributed by atoms with Crippen LogP contribution in [0.25, 0.3) is 17.2 Å². The first-order chi connectivity index (χ1) is 14.1. The maximum Gasteiger partial charge on any atom is 0.344 e. The number of nitriles is 1. The Morgan fingerprint density at radius 2 is 1.72 bits per heavy atom. The van der Waals surface area contributed by atoms with Crippen LogP contribution in [0.4, 0.5) is 0 Å². The number of para-hydroxylation sites is 1. The van der Waals surface area contributed by atoms with Gasteiger partial charge in [-0.15, -0.1) is 0 Å². The molecule has 0 amide bonds. The van der Waals surface area contributed by atoms with E-state index >= 15 is 0 Å². The predicted octanol–water partition coefficient (Wildman–Crippen LogP) is 4.63. The lowest BCUT2D eigenvalue weighted by molar-refractivity contribution is -0.134. The van der Waals surface area contributed by atoms with Crippen molar-refractivity contribution in [1.82, 2.24) is 0 Å². The van der Waals surface area contributed by atoms with Crippen LogP contribution in [-0.2, 0) is 9.53 Å². The summed E-state index contributed by atoms with van der Waals surface area (Å²) in [5, 5.41) is 9.19. The van der Waals surface area contributed by atoms with E-state index in [2.05, 4.69) is 4.74 Å². The van der Waals surface area contributed by atoms with Gasteiger partial charge in [0.25, 0.3) is 0 Å². The zero-order valence-electron chi connectivity index (χ0n) is 15.7. The molecule has 0 N–H and O–H groups in total. The van der Waals surface area contributed by atoms with Crippen LogP contribution in [0.1, 0.15) is 21.5 Å². The van der Waals surface area contributed by atoms with E-state index in [9.17, 15) is 14.9 Å². The zero-order valence-corrected chi connectivity index (χ0v) is 15.7. The van der Waals surface area contributed by atoms with Gasteiger partial charge >= 0.3 is 11.9 Å². The number of methoxy groups -OCH3 is 1. The van der Waals surface area contributed by atoms with Crippen molar-refractivity contribution >= 4 is 18.0 Å². The van der Waals surface area contributed by atoms with Crippen LogP contribution in [0.3, 0.4) is 0 Å². The second-order valence-electron chi connectivity index (χ2n) is 6.03. The number of carbonyl (C=O) groups excluding carboxylic acids is 2. The molecule has 0 unspecified atom stereocenters. The van der Waals surface area contributed by atoms with E-state index in [4.69, 9.17) is 4.74 Å². The van der Waals surface area contributed by atoms with Gasteiger partial charge in [0, 0.05) is 6.08 Å². The Bertz CT molecular complexity index is 1130. The number of carbonyl (C=O) groups is 2. The number of nitrogens with zero attached hydrogens (tertiary/aromatic N) is 1. The molecule has 0 spiro atoms. The number of benzene rings is 3. The van der Waals surface area contributed by atoms with Crippen LogP contribution in [-0.4, -0.2) is 19.0 Å². The molecule has 3 aromatic rings. The number of hydrogen-bond donors (Lipinski definition) is 0. The molecule has 0 atom stereocenters. The molecule has 0 heterocycles. The van der Waals surface area contributed by atoms with Gasteiger partial charge in [-0.3, -0.25) is 0 Å². The van der Waals surface area contributed by atoms with Crippen molar-refractivity contribution in [2.45, 2.75) is 0 Å². The molecule has 3 rings (SSSR count). The van der Waals surface area contributed by atoms with Crippen molar-refractivity contribution in [2.24, 2.45) is 0 Å². The van der Waals surface area contributed by atoms with Gasteiger partial charge in [-0.25, -0.2) is 9.59 Å². The summed E-state index contributed by atoms with van der Waals surface area (Å²) in [6, 6.07) is 23.0. The highest BCUT2D eigenvalue weighted by Gasteiger charge is 2.16. The highest BCUT2D eigenvalue weighted by Crippen LogP contribution is 2.27. The Morgan fingerprint density at radius 1 is 0.966 bits per heavy atom. The topological polar surface area (TPSA) is 76.4 Å². The van der Waals surface area contributed by atoms with Crippen molar-refractivity contribution in [2.75, 3.05) is 7.11 Å². The van der Waals surface area contributed by atoms with Crippen LogP contribution < -0.4 is 4.74 Å². The smallest absolute Gasteiger partial charge is 0.344 e. The summed E-state index contributed by atoms with van der Waals surface area (Å²) in [7, 11) is 1.31. The van der Waals surface area contributed by atoms with Crippen molar-refractivity contribution in [1.29, 1.82) is 5.26 Å². The summed E-state index contributed by atoms with van der Waals surface area (Å²) in [6.07, 6.45) is 2.97. The lowest BCUT2D eigenvalue weighted by Gasteiger charge is -2.11. The molecule has 5 nitrogen and oxygen atoms in total. The average Bonchev–Trinajstić information content (AvgIpc) is 2.78. The maximum atomic E-state index is 12.8. The van der Waals surface area contributed by atoms with Gasteiger partial charge < -0.3 is 9.47 Å². The number of ether oxygens (including phenoxy) is 2. The van der Waals surface area contributed by atoms with Crippen LogP contribution in [0, 0.1) is 11.3 Å². The van der Waals surface area contributed by atoms with Gasteiger partial charge in [0.2, 0.25) is 0 Å². The second kappa shape index (κ2) is 9.16. The lowest BCUT2D eigenvalue weighted by atomic mass is 9.98. The molecule has 142 valence electrons. The van der Waals surface area contributed by atoms with Crippen molar-refractivity contribution in [3.63, 3.8) is 0 Å². The molecule has 3 aromatic carbocycles. The molecule has 0 aliphatic carbocycles. The number of rotatable bonds is 5. The van der Waals surface area contributed by atoms with E-state index in [0.29, 0.717) is 11.1 Å². The Hall–Kier alpha value is -4.17. The Morgan fingerprint density at radius 3 is 2.52 bits per heavy atom. The summed E-state index contributed by atoms with van der Waals surface area (Å²) >= 11 is 0. The standard InChI is InChI=1S/C24H17NO4/c1-28-23(26)14-13-17-7-6-9-18(15-17)20-10-3-4-11-21(20)24(27)29-22-12-5-2-8-19(22)16-25/h2-15H,1H3/b14-13+. The van der Waals surface area contributed by atoms with Crippen LogP contribution in [0.2, 0.25) is 0 Å². The van der Waals surface area contributed by atoms with Gasteiger partial charge in [0.15, 0.2) is 0 Å². The van der Waals surface area contributed by atoms with Gasteiger partial charge in [0.05, 0.1) is 18.2 Å². The fourth-order valence-corrected chi connectivity index (χ4v) is 2.76. The molecule has 0 fully saturated rings. The van der Waals surface area contributed by atoms with Crippen molar-refractivity contribution in [3.05, 3.63) is 95.6 Å². The molecule has 0 saturated heterocycles. The number of hydrogen-bond acceptors (Lipinski definition) is 5. The van der Waals surface area contributed by atoms with Crippen LogP contribution in [0.15, 0.2) is 78.9 Å². The van der Waals surface area contributed by atoms with E-state index in [-0.39, 0.29) is 11.3 Å². The maximum absolute atomic E-state index is 12.8. The highest BCUT2D eigenvalue weighted by atomic mass is 16.5. The third-order valence-electron chi connectivity index (χ3n) is 4.17. The second-order valence-corrected chi connectivity index (χ2v) is 6.03. The van der Waals surface area contributed by atoms with Crippen LogP contribution in [0.5, 0.6) is 5.75 Å². The molecule has 0 bridgehead atoms. The summed E-state index contributed by atoms with van der Waals surface area (Å²) < 4.78 is 10.1. The zero-order chi connectivity index (χ0) is 20.6. The predicted molar refractivity (Wildman–Crippen MR) is 109 cm³/mol. The fourth-order valence-electron chi connectivity index (χ4n) is 2.76. The molecular formula is C24H17NO4. The van der Waals surface area contributed by atoms with Crippen LogP contribution >= 0.6 is 0 Å². The van der Waals surface area contributed by atoms with Crippen molar-refractivity contribution < 1.29 is 19.1 Å². The Labute approximate surface area is 168 Å². The third kappa shape index (κ3) is 4.76. The van der Waals surface area contributed by atoms with Gasteiger partial charge in [-0.1, -0.05) is 48.5 Å². The summed E-state index contributed by atoms with van der Waals surface area (Å²) in [6.45, 7) is 0.